The van der Waals surface area contributed by atoms with Crippen molar-refractivity contribution < 1.29 is 33.0 Å². The van der Waals surface area contributed by atoms with Gasteiger partial charge in [0.05, 0.1) is 6.54 Å². The first-order valence-electron chi connectivity index (χ1n) is 10.3. The van der Waals surface area contributed by atoms with Crippen molar-refractivity contribution in [1.29, 1.82) is 0 Å². The first-order valence-corrected chi connectivity index (χ1v) is 10.3. The summed E-state index contributed by atoms with van der Waals surface area (Å²) in [6, 6.07) is 15.7. The Bertz CT molecular complexity index is 1010. The van der Waals surface area contributed by atoms with E-state index in [0.29, 0.717) is 0 Å². The molecule has 2 amide bonds. The van der Waals surface area contributed by atoms with Gasteiger partial charge in [0.1, 0.15) is 6.61 Å². The van der Waals surface area contributed by atoms with E-state index >= 15 is 0 Å². The van der Waals surface area contributed by atoms with E-state index < -0.39 is 36.4 Å². The molecule has 2 aromatic carbocycles. The number of benzene rings is 2. The third kappa shape index (κ3) is 4.28. The zero-order valence-corrected chi connectivity index (χ0v) is 17.0. The summed E-state index contributed by atoms with van der Waals surface area (Å²) in [6.45, 7) is -1.09. The summed E-state index contributed by atoms with van der Waals surface area (Å²) < 4.78 is 31.5. The number of fused-ring (bicyclic) bond motifs is 3. The molecule has 0 saturated heterocycles. The second-order valence-electron chi connectivity index (χ2n) is 8.06. The largest absolute Gasteiger partial charge is 0.477 e. The maximum absolute atomic E-state index is 13.1. The zero-order chi connectivity index (χ0) is 22.9. The van der Waals surface area contributed by atoms with Crippen LogP contribution in [0, 0.1) is 5.92 Å². The fourth-order valence-electron chi connectivity index (χ4n) is 4.17. The highest BCUT2D eigenvalue weighted by Crippen LogP contribution is 2.44. The van der Waals surface area contributed by atoms with Crippen LogP contribution < -0.4 is 10.6 Å². The summed E-state index contributed by atoms with van der Waals surface area (Å²) in [7, 11) is 0. The summed E-state index contributed by atoms with van der Waals surface area (Å²) in [5.41, 5.74) is 4.44. The lowest BCUT2D eigenvalue weighted by atomic mass is 9.79. The van der Waals surface area contributed by atoms with E-state index in [1.165, 1.54) is 0 Å². The molecule has 2 aliphatic rings. The van der Waals surface area contributed by atoms with Crippen LogP contribution in [0.2, 0.25) is 0 Å². The number of alkyl carbamates (subject to hydrolysis) is 1. The molecule has 9 heteroatoms. The fourth-order valence-corrected chi connectivity index (χ4v) is 4.17. The maximum Gasteiger partial charge on any atom is 0.407 e. The number of aliphatic carboxylic acids is 1. The van der Waals surface area contributed by atoms with Crippen molar-refractivity contribution in [3.63, 3.8) is 0 Å². The predicted molar refractivity (Wildman–Crippen MR) is 110 cm³/mol. The van der Waals surface area contributed by atoms with Gasteiger partial charge >= 0.3 is 18.0 Å². The molecule has 1 fully saturated rings. The average molecular weight is 444 g/mol. The lowest BCUT2D eigenvalue weighted by Crippen LogP contribution is -2.51. The minimum Gasteiger partial charge on any atom is -0.477 e. The molecular weight excluding hydrogens is 422 g/mol. The zero-order valence-electron chi connectivity index (χ0n) is 17.0. The highest BCUT2D eigenvalue weighted by Gasteiger charge is 2.41. The van der Waals surface area contributed by atoms with Crippen LogP contribution in [0.1, 0.15) is 29.9 Å². The van der Waals surface area contributed by atoms with Gasteiger partial charge in [0.25, 0.3) is 0 Å². The number of alkyl halides is 2. The van der Waals surface area contributed by atoms with E-state index in [-0.39, 0.29) is 31.4 Å². The lowest BCUT2D eigenvalue weighted by Gasteiger charge is -2.34. The molecule has 4 rings (SSSR count). The monoisotopic (exact) mass is 444 g/mol. The third-order valence-corrected chi connectivity index (χ3v) is 5.97. The van der Waals surface area contributed by atoms with Crippen molar-refractivity contribution in [1.82, 2.24) is 10.6 Å². The van der Waals surface area contributed by atoms with Crippen molar-refractivity contribution in [2.45, 2.75) is 30.7 Å². The highest BCUT2D eigenvalue weighted by atomic mass is 19.3. The standard InChI is InChI=1S/C23H22F2N2O5/c24-23(25,21(29)30)12-26-20(28)13-9-14(10-13)27-22(31)32-11-19-17-7-3-1-5-15(17)16-6-2-4-8-18(16)19/h1-8,13-14,19H,9-12H2,(H,26,28)(H,27,31)(H,29,30). The van der Waals surface area contributed by atoms with Crippen LogP contribution in [-0.4, -0.2) is 48.2 Å². The van der Waals surface area contributed by atoms with Gasteiger partial charge in [-0.2, -0.15) is 8.78 Å². The smallest absolute Gasteiger partial charge is 0.407 e. The predicted octanol–water partition coefficient (Wildman–Crippen LogP) is 3.14. The molecule has 0 spiro atoms. The van der Waals surface area contributed by atoms with Gasteiger partial charge in [-0.05, 0) is 35.1 Å². The number of hydrogen-bond acceptors (Lipinski definition) is 4. The molecule has 1 saturated carbocycles. The molecule has 0 heterocycles. The van der Waals surface area contributed by atoms with Gasteiger partial charge < -0.3 is 20.5 Å². The van der Waals surface area contributed by atoms with Crippen molar-refractivity contribution >= 4 is 18.0 Å². The van der Waals surface area contributed by atoms with Gasteiger partial charge in [0.15, 0.2) is 0 Å². The van der Waals surface area contributed by atoms with E-state index in [2.05, 4.69) is 5.32 Å². The van der Waals surface area contributed by atoms with Crippen molar-refractivity contribution in [3.05, 3.63) is 59.7 Å². The van der Waals surface area contributed by atoms with E-state index in [4.69, 9.17) is 9.84 Å². The Balaban J connectivity index is 1.24. The molecular formula is C23H22F2N2O5. The number of carboxylic acid groups (broad SMARTS) is 1. The number of carbonyl (C=O) groups excluding carboxylic acids is 2. The number of carboxylic acids is 1. The molecule has 0 radical (unpaired) electrons. The summed E-state index contributed by atoms with van der Waals surface area (Å²) >= 11 is 0. The third-order valence-electron chi connectivity index (χ3n) is 5.97. The molecule has 168 valence electrons. The normalized spacial score (nSPS) is 19.3. The second kappa shape index (κ2) is 8.57. The lowest BCUT2D eigenvalue weighted by molar-refractivity contribution is -0.164. The first kappa shape index (κ1) is 21.7. The van der Waals surface area contributed by atoms with Crippen LogP contribution in [0.25, 0.3) is 11.1 Å². The molecule has 0 atom stereocenters. The van der Waals surface area contributed by atoms with Crippen molar-refractivity contribution in [2.24, 2.45) is 5.92 Å². The SMILES string of the molecule is O=C(NC1CC(C(=O)NCC(F)(F)C(=O)O)C1)OCC1c2ccccc2-c2ccccc21. The summed E-state index contributed by atoms with van der Waals surface area (Å²) in [5, 5.41) is 13.0. The quantitative estimate of drug-likeness (QED) is 0.609. The molecule has 7 nitrogen and oxygen atoms in total. The van der Waals surface area contributed by atoms with E-state index in [0.717, 1.165) is 22.3 Å². The Morgan fingerprint density at radius 1 is 1.00 bits per heavy atom. The van der Waals surface area contributed by atoms with Gasteiger partial charge in [-0.1, -0.05) is 48.5 Å². The molecule has 0 bridgehead atoms. The average Bonchev–Trinajstić information content (AvgIpc) is 3.06. The Morgan fingerprint density at radius 3 is 2.12 bits per heavy atom. The minimum atomic E-state index is -4.02. The summed E-state index contributed by atoms with van der Waals surface area (Å²) in [5.74, 6) is -7.58. The van der Waals surface area contributed by atoms with E-state index in [9.17, 15) is 23.2 Å². The van der Waals surface area contributed by atoms with E-state index in [1.807, 2.05) is 53.8 Å². The Kier molecular flexibility index (Phi) is 5.82. The Hall–Kier alpha value is -3.49. The highest BCUT2D eigenvalue weighted by molar-refractivity contribution is 5.82. The number of nitrogens with one attached hydrogen (secondary N) is 2. The molecule has 2 aliphatic carbocycles. The summed E-state index contributed by atoms with van der Waals surface area (Å²) in [4.78, 5) is 34.5. The topological polar surface area (TPSA) is 105 Å². The van der Waals surface area contributed by atoms with Gasteiger partial charge in [0.2, 0.25) is 5.91 Å². The number of ether oxygens (including phenoxy) is 1. The van der Waals surface area contributed by atoms with Crippen LogP contribution in [0.15, 0.2) is 48.5 Å². The van der Waals surface area contributed by atoms with Crippen LogP contribution in [0.5, 0.6) is 0 Å². The number of hydrogen-bond donors (Lipinski definition) is 3. The fraction of sp³-hybridized carbons (Fsp3) is 0.348. The molecule has 0 aromatic heterocycles. The van der Waals surface area contributed by atoms with Crippen LogP contribution >= 0.6 is 0 Å². The number of amides is 2. The minimum absolute atomic E-state index is 0.0658. The van der Waals surface area contributed by atoms with Crippen LogP contribution in [-0.2, 0) is 14.3 Å². The van der Waals surface area contributed by atoms with Gasteiger partial charge in [-0.25, -0.2) is 9.59 Å². The maximum atomic E-state index is 13.1. The number of rotatable bonds is 7. The van der Waals surface area contributed by atoms with Crippen molar-refractivity contribution in [3.8, 4) is 11.1 Å². The Labute approximate surface area is 182 Å². The van der Waals surface area contributed by atoms with Crippen LogP contribution in [0.4, 0.5) is 13.6 Å². The van der Waals surface area contributed by atoms with Crippen LogP contribution in [0.3, 0.4) is 0 Å². The summed E-state index contributed by atoms with van der Waals surface area (Å²) in [6.07, 6.45) is -0.0586. The molecule has 3 N–H and O–H groups in total. The Morgan fingerprint density at radius 2 is 1.56 bits per heavy atom. The second-order valence-corrected chi connectivity index (χ2v) is 8.06. The molecule has 2 aromatic rings. The molecule has 0 aliphatic heterocycles. The van der Waals surface area contributed by atoms with Crippen molar-refractivity contribution in [2.75, 3.05) is 13.2 Å². The first-order chi connectivity index (χ1) is 15.3. The van der Waals surface area contributed by atoms with Gasteiger partial charge in [0, 0.05) is 17.9 Å². The van der Waals surface area contributed by atoms with Gasteiger partial charge in [-0.3, -0.25) is 4.79 Å². The molecule has 0 unspecified atom stereocenters. The number of halogens is 2. The van der Waals surface area contributed by atoms with Gasteiger partial charge in [-0.15, -0.1) is 0 Å². The molecule has 32 heavy (non-hydrogen) atoms. The van der Waals surface area contributed by atoms with E-state index in [1.54, 1.807) is 0 Å². The number of carbonyl (C=O) groups is 3.